The van der Waals surface area contributed by atoms with Crippen LogP contribution in [0.3, 0.4) is 0 Å². The van der Waals surface area contributed by atoms with Crippen LogP contribution in [0, 0.1) is 17.8 Å². The third-order valence-corrected chi connectivity index (χ3v) is 12.5. The number of hydroxylamine groups is 1. The van der Waals surface area contributed by atoms with Crippen LogP contribution in [0.5, 0.6) is 5.75 Å². The monoisotopic (exact) mass is 1040 g/mol. The van der Waals surface area contributed by atoms with Gasteiger partial charge in [0.2, 0.25) is 35.4 Å². The van der Waals surface area contributed by atoms with Crippen molar-refractivity contribution < 1.29 is 81.4 Å². The van der Waals surface area contributed by atoms with E-state index in [1.54, 1.807) is 39.5 Å². The fraction of sp³-hybridized carbons (Fsp3) is 0.659. The molecule has 28 heteroatoms. The summed E-state index contributed by atoms with van der Waals surface area (Å²) in [5, 5.41) is 50.4. The van der Waals surface area contributed by atoms with Crippen LogP contribution in [0.2, 0.25) is 0 Å². The number of carboxylic acids is 3. The highest BCUT2D eigenvalue weighted by Crippen LogP contribution is 2.27. The van der Waals surface area contributed by atoms with E-state index < -0.39 is 119 Å². The molecule has 0 radical (unpaired) electrons. The molecule has 3 heterocycles. The molecule has 0 saturated carbocycles. The summed E-state index contributed by atoms with van der Waals surface area (Å²) in [5.74, 6) is -10.5. The molecule has 404 valence electrons. The van der Waals surface area contributed by atoms with Crippen molar-refractivity contribution in [3.8, 4) is 5.75 Å². The average molecular weight is 1040 g/mol. The Morgan fingerprint density at radius 3 is 1.74 bits per heavy atom. The van der Waals surface area contributed by atoms with E-state index in [0.29, 0.717) is 17.7 Å². The van der Waals surface area contributed by atoms with Crippen LogP contribution in [-0.4, -0.2) is 229 Å². The SMILES string of the molecule is CC(C)C[C@H]1C(=O)N[C@H](C(=O)NCC(=O)NCCCNC(=O)C(CS(=O)(=O)O)NC(=O)CN2CCN(CC(=O)O)CCN(CC(=O)O)CCN(CC(=O)O)CC2)Cc2ccc(cc2)OCCC[C@@H]1C(=O)NO. The van der Waals surface area contributed by atoms with Crippen molar-refractivity contribution in [1.29, 1.82) is 0 Å². The molecule has 27 nitrogen and oxygen atoms in total. The van der Waals surface area contributed by atoms with Gasteiger partial charge < -0.3 is 46.6 Å². The molecule has 1 unspecified atom stereocenters. The van der Waals surface area contributed by atoms with E-state index in [-0.39, 0.29) is 110 Å². The van der Waals surface area contributed by atoms with E-state index in [4.69, 9.17) is 4.74 Å². The predicted molar refractivity (Wildman–Crippen MR) is 254 cm³/mol. The zero-order chi connectivity index (χ0) is 53.4. The average Bonchev–Trinajstić information content (AvgIpc) is 3.29. The Kier molecular flexibility index (Phi) is 25.7. The van der Waals surface area contributed by atoms with Gasteiger partial charge in [-0.2, -0.15) is 8.42 Å². The molecule has 0 spiro atoms. The Morgan fingerprint density at radius 1 is 0.736 bits per heavy atom. The number of rotatable bonds is 22. The zero-order valence-corrected chi connectivity index (χ0v) is 41.4. The largest absolute Gasteiger partial charge is 0.494 e. The number of carbonyl (C=O) groups is 9. The molecular weight excluding hydrogens is 973 g/mol. The second kappa shape index (κ2) is 30.8. The van der Waals surface area contributed by atoms with E-state index >= 15 is 0 Å². The summed E-state index contributed by atoms with van der Waals surface area (Å²) in [4.78, 5) is 120. The highest BCUT2D eigenvalue weighted by molar-refractivity contribution is 7.85. The summed E-state index contributed by atoms with van der Waals surface area (Å²) < 4.78 is 39.3. The number of carboxylic acid groups (broad SMARTS) is 3. The number of ether oxygens (including phenoxy) is 1. The summed E-state index contributed by atoms with van der Waals surface area (Å²) in [6.07, 6.45) is 0.956. The second-order valence-corrected chi connectivity index (χ2v) is 19.6. The first kappa shape index (κ1) is 60.3. The van der Waals surface area contributed by atoms with Crippen LogP contribution in [-0.2, 0) is 59.7 Å². The van der Waals surface area contributed by atoms with E-state index in [2.05, 4.69) is 26.6 Å². The first-order valence-electron chi connectivity index (χ1n) is 23.6. The third kappa shape index (κ3) is 23.9. The van der Waals surface area contributed by atoms with Gasteiger partial charge >= 0.3 is 17.9 Å². The normalized spacial score (nSPS) is 20.0. The maximum Gasteiger partial charge on any atom is 0.317 e. The maximum atomic E-state index is 13.8. The molecule has 1 aromatic rings. The van der Waals surface area contributed by atoms with Crippen LogP contribution < -0.4 is 36.8 Å². The molecule has 3 aliphatic rings. The van der Waals surface area contributed by atoms with E-state index in [1.807, 2.05) is 13.8 Å². The Bertz CT molecular complexity index is 2080. The van der Waals surface area contributed by atoms with E-state index in [1.165, 1.54) is 9.80 Å². The Hall–Kier alpha value is -6.04. The number of nitrogens with zero attached hydrogens (tertiary/aromatic N) is 4. The van der Waals surface area contributed by atoms with Gasteiger partial charge in [0.1, 0.15) is 23.6 Å². The van der Waals surface area contributed by atoms with Gasteiger partial charge in [0.25, 0.3) is 10.1 Å². The van der Waals surface area contributed by atoms with Crippen LogP contribution in [0.15, 0.2) is 24.3 Å². The summed E-state index contributed by atoms with van der Waals surface area (Å²) in [7, 11) is -4.83. The molecule has 6 amide bonds. The standard InChI is InChI=1S/C44H70N10O17S/c1-29(2)21-33-32(42(64)50-67)5-3-20-71-31-8-6-30(7-9-31)22-34(49-41(33)63)43(65)47-23-36(55)45-10-4-11-46-44(66)35(28-72(68,69)70)48-37(56)24-51-12-14-52(25-38(57)58)16-18-54(27-40(61)62)19-17-53(15-13-51)26-39(59)60/h6-9,29,32-35,67H,3-5,10-28H2,1-2H3,(H,45,55)(H,46,66)(H,47,65)(H,48,56)(H,49,63)(H,50,64)(H,57,58)(H,59,60)(H,61,62)(H,68,69,70)/t32-,33+,34-,35?/m0/s1. The number of hydrogen-bond acceptors (Lipinski definition) is 17. The first-order chi connectivity index (χ1) is 34.0. The van der Waals surface area contributed by atoms with Gasteiger partial charge in [0.05, 0.1) is 45.2 Å². The lowest BCUT2D eigenvalue weighted by atomic mass is 9.81. The molecule has 0 aliphatic carbocycles. The summed E-state index contributed by atoms with van der Waals surface area (Å²) in [6.45, 7) is 2.46. The first-order valence-corrected chi connectivity index (χ1v) is 25.2. The summed E-state index contributed by atoms with van der Waals surface area (Å²) in [5.41, 5.74) is 2.31. The highest BCUT2D eigenvalue weighted by atomic mass is 32.2. The van der Waals surface area contributed by atoms with Gasteiger partial charge in [0, 0.05) is 77.8 Å². The smallest absolute Gasteiger partial charge is 0.317 e. The van der Waals surface area contributed by atoms with Crippen molar-refractivity contribution in [3.05, 3.63) is 29.8 Å². The van der Waals surface area contributed by atoms with Crippen LogP contribution in [0.25, 0.3) is 0 Å². The molecule has 0 aromatic heterocycles. The quantitative estimate of drug-likeness (QED) is 0.0230. The van der Waals surface area contributed by atoms with E-state index in [9.17, 15) is 76.6 Å². The lowest BCUT2D eigenvalue weighted by molar-refractivity contribution is -0.142. The molecule has 4 rings (SSSR count). The van der Waals surface area contributed by atoms with Crippen LogP contribution in [0.4, 0.5) is 0 Å². The predicted octanol–water partition coefficient (Wildman–Crippen LogP) is -3.74. The molecule has 1 fully saturated rings. The fourth-order valence-electron chi connectivity index (χ4n) is 8.12. The van der Waals surface area contributed by atoms with Gasteiger partial charge in [-0.15, -0.1) is 0 Å². The molecule has 1 saturated heterocycles. The van der Waals surface area contributed by atoms with Crippen molar-refractivity contribution in [3.63, 3.8) is 0 Å². The van der Waals surface area contributed by atoms with Gasteiger partial charge in [-0.3, -0.25) is 72.5 Å². The molecule has 4 atom stereocenters. The third-order valence-electron chi connectivity index (χ3n) is 11.7. The van der Waals surface area contributed by atoms with Crippen molar-refractivity contribution in [2.75, 3.05) is 111 Å². The van der Waals surface area contributed by atoms with Crippen LogP contribution >= 0.6 is 0 Å². The van der Waals surface area contributed by atoms with Crippen molar-refractivity contribution >= 4 is 63.5 Å². The number of carbonyl (C=O) groups excluding carboxylic acids is 6. The molecule has 2 bridgehead atoms. The number of nitrogens with one attached hydrogen (secondary N) is 6. The minimum absolute atomic E-state index is 0.0141. The molecule has 72 heavy (non-hydrogen) atoms. The number of amides is 6. The Balaban J connectivity index is 1.60. The van der Waals surface area contributed by atoms with Crippen molar-refractivity contribution in [1.82, 2.24) is 51.7 Å². The van der Waals surface area contributed by atoms with Crippen molar-refractivity contribution in [2.24, 2.45) is 17.8 Å². The number of benzene rings is 1. The number of fused-ring (bicyclic) bond motifs is 11. The second-order valence-electron chi connectivity index (χ2n) is 18.1. The van der Waals surface area contributed by atoms with Gasteiger partial charge in [-0.05, 0) is 49.3 Å². The lowest BCUT2D eigenvalue weighted by Gasteiger charge is -2.33. The topological polar surface area (TPSA) is 383 Å². The van der Waals surface area contributed by atoms with Crippen LogP contribution in [0.1, 0.15) is 45.1 Å². The molecule has 3 aliphatic heterocycles. The van der Waals surface area contributed by atoms with Gasteiger partial charge in [-0.25, -0.2) is 5.48 Å². The van der Waals surface area contributed by atoms with E-state index in [0.717, 1.165) is 0 Å². The Morgan fingerprint density at radius 2 is 1.25 bits per heavy atom. The van der Waals surface area contributed by atoms with Gasteiger partial charge in [0.15, 0.2) is 0 Å². The lowest BCUT2D eigenvalue weighted by Crippen LogP contribution is -2.54. The minimum Gasteiger partial charge on any atom is -0.494 e. The number of hydrogen-bond donors (Lipinski definition) is 11. The number of aliphatic carboxylic acids is 3. The Labute approximate surface area is 417 Å². The zero-order valence-electron chi connectivity index (χ0n) is 40.6. The minimum atomic E-state index is -4.83. The molecule has 11 N–H and O–H groups in total. The van der Waals surface area contributed by atoms with Crippen molar-refractivity contribution in [2.45, 2.75) is 58.0 Å². The fourth-order valence-corrected chi connectivity index (χ4v) is 8.78. The maximum absolute atomic E-state index is 13.8. The summed E-state index contributed by atoms with van der Waals surface area (Å²) >= 11 is 0. The van der Waals surface area contributed by atoms with Gasteiger partial charge in [-0.1, -0.05) is 26.0 Å². The summed E-state index contributed by atoms with van der Waals surface area (Å²) in [6, 6.07) is 3.90. The molecular formula is C44H70N10O17S. The highest BCUT2D eigenvalue weighted by Gasteiger charge is 2.36. The molecule has 1 aromatic carbocycles.